The molecule has 0 radical (unpaired) electrons. The first kappa shape index (κ1) is 24.4. The van der Waals surface area contributed by atoms with E-state index in [1.54, 1.807) is 6.08 Å². The molecule has 0 aromatic heterocycles. The summed E-state index contributed by atoms with van der Waals surface area (Å²) in [5, 5.41) is 7.68. The molecule has 0 aromatic carbocycles. The minimum atomic E-state index is -3.79. The van der Waals surface area contributed by atoms with Crippen LogP contribution in [0.5, 0.6) is 0 Å². The van der Waals surface area contributed by atoms with Gasteiger partial charge in [-0.05, 0) is 93.1 Å². The Morgan fingerprint density at radius 3 is 2.65 bits per heavy atom. The molecule has 3 aliphatic rings. The highest BCUT2D eigenvalue weighted by molar-refractivity contribution is 7.92. The lowest BCUT2D eigenvalue weighted by Gasteiger charge is -2.44. The maximum Gasteiger partial charge on any atom is 0.225 e. The highest BCUT2D eigenvalue weighted by Gasteiger charge is 2.50. The fraction of sp³-hybridized carbons (Fsp3) is 0.692. The van der Waals surface area contributed by atoms with Gasteiger partial charge >= 0.3 is 0 Å². The van der Waals surface area contributed by atoms with Crippen LogP contribution in [-0.2, 0) is 9.84 Å². The second kappa shape index (κ2) is 8.97. The fourth-order valence-electron chi connectivity index (χ4n) is 6.12. The SMILES string of the molecule is C=C1CC[C@H](O)C/C1=C/C=C1\CCC[C@]2(C)C([C@@H](C)/C=C/[C@](C)(F)S(C)(=O)=O)CC[C@@H]12. The number of hydrogen-bond donors (Lipinski definition) is 1. The first-order valence-corrected chi connectivity index (χ1v) is 13.6. The van der Waals surface area contributed by atoms with Gasteiger partial charge in [-0.15, -0.1) is 0 Å². The van der Waals surface area contributed by atoms with Crippen molar-refractivity contribution in [3.8, 4) is 0 Å². The van der Waals surface area contributed by atoms with Crippen LogP contribution in [0.4, 0.5) is 4.39 Å². The summed E-state index contributed by atoms with van der Waals surface area (Å²) in [5.41, 5.74) is 3.95. The molecule has 3 aliphatic carbocycles. The van der Waals surface area contributed by atoms with Gasteiger partial charge in [-0.2, -0.15) is 0 Å². The summed E-state index contributed by atoms with van der Waals surface area (Å²) < 4.78 is 38.0. The molecule has 0 aliphatic heterocycles. The lowest BCUT2D eigenvalue weighted by molar-refractivity contribution is 0.112. The van der Waals surface area contributed by atoms with Crippen molar-refractivity contribution in [1.82, 2.24) is 0 Å². The van der Waals surface area contributed by atoms with Gasteiger partial charge in [-0.1, -0.05) is 49.8 Å². The third kappa shape index (κ3) is 5.08. The Kier molecular flexibility index (Phi) is 7.08. The topological polar surface area (TPSA) is 54.4 Å². The molecule has 0 amide bonds. The standard InChI is InChI=1S/C26H39FO3S/c1-18-8-11-22(28)17-21(18)10-9-20-7-6-15-25(3)23(12-13-24(20)25)19(2)14-16-26(4,27)31(5,29)30/h9-10,14,16,19,22-24,28H,1,6-8,11-13,15,17H2,2-5H3/b16-14+,20-9+,21-10-/t19-,22-,23?,24-,25+,26+/m0/s1. The molecule has 0 spiro atoms. The van der Waals surface area contributed by atoms with Crippen LogP contribution < -0.4 is 0 Å². The Balaban J connectivity index is 1.78. The maximum atomic E-state index is 14.6. The van der Waals surface area contributed by atoms with Crippen molar-refractivity contribution < 1.29 is 17.9 Å². The van der Waals surface area contributed by atoms with E-state index in [4.69, 9.17) is 0 Å². The molecule has 3 saturated carbocycles. The Hall–Kier alpha value is -1.20. The van der Waals surface area contributed by atoms with Crippen LogP contribution >= 0.6 is 0 Å². The number of halogens is 1. The molecule has 1 N–H and O–H groups in total. The van der Waals surface area contributed by atoms with Gasteiger partial charge in [-0.3, -0.25) is 0 Å². The number of sulfone groups is 1. The smallest absolute Gasteiger partial charge is 0.225 e. The molecule has 0 bridgehead atoms. The van der Waals surface area contributed by atoms with Crippen molar-refractivity contribution in [1.29, 1.82) is 0 Å². The average Bonchev–Trinajstić information content (AvgIpc) is 3.03. The van der Waals surface area contributed by atoms with E-state index >= 15 is 0 Å². The minimum Gasteiger partial charge on any atom is -0.393 e. The molecule has 3 nitrogen and oxygen atoms in total. The maximum absolute atomic E-state index is 14.6. The fourth-order valence-corrected chi connectivity index (χ4v) is 6.45. The second-order valence-corrected chi connectivity index (χ2v) is 12.8. The van der Waals surface area contributed by atoms with Crippen molar-refractivity contribution >= 4 is 9.84 Å². The van der Waals surface area contributed by atoms with E-state index in [1.165, 1.54) is 17.2 Å². The van der Waals surface area contributed by atoms with Crippen molar-refractivity contribution in [3.05, 3.63) is 47.6 Å². The molecule has 174 valence electrons. The van der Waals surface area contributed by atoms with Crippen LogP contribution in [-0.4, -0.2) is 30.9 Å². The normalized spacial score (nSPS) is 37.9. The molecule has 31 heavy (non-hydrogen) atoms. The summed E-state index contributed by atoms with van der Waals surface area (Å²) in [6.45, 7) is 9.76. The van der Waals surface area contributed by atoms with Gasteiger partial charge in [0.1, 0.15) is 0 Å². The number of rotatable bonds is 5. The average molecular weight is 451 g/mol. The van der Waals surface area contributed by atoms with Crippen molar-refractivity contribution in [2.45, 2.75) is 83.2 Å². The van der Waals surface area contributed by atoms with E-state index in [1.807, 2.05) is 0 Å². The Labute approximate surface area is 188 Å². The van der Waals surface area contributed by atoms with Gasteiger partial charge in [0.05, 0.1) is 6.10 Å². The first-order chi connectivity index (χ1) is 14.3. The van der Waals surface area contributed by atoms with Crippen LogP contribution in [0, 0.1) is 23.2 Å². The van der Waals surface area contributed by atoms with Gasteiger partial charge in [0.2, 0.25) is 5.00 Å². The van der Waals surface area contributed by atoms with Crippen LogP contribution in [0.3, 0.4) is 0 Å². The van der Waals surface area contributed by atoms with Crippen LogP contribution in [0.15, 0.2) is 47.6 Å². The molecule has 5 heteroatoms. The van der Waals surface area contributed by atoms with Crippen molar-refractivity contribution in [2.75, 3.05) is 6.26 Å². The molecule has 1 unspecified atom stereocenters. The summed E-state index contributed by atoms with van der Waals surface area (Å²) in [4.78, 5) is 0. The monoisotopic (exact) mass is 450 g/mol. The number of aliphatic hydroxyl groups is 1. The van der Waals surface area contributed by atoms with Crippen molar-refractivity contribution in [3.63, 3.8) is 0 Å². The van der Waals surface area contributed by atoms with Crippen LogP contribution in [0.1, 0.15) is 72.1 Å². The molecular formula is C26H39FO3S. The molecule has 0 heterocycles. The molecule has 3 fully saturated rings. The Morgan fingerprint density at radius 1 is 1.26 bits per heavy atom. The number of allylic oxidation sites excluding steroid dienone is 5. The number of aliphatic hydroxyl groups excluding tert-OH is 1. The minimum absolute atomic E-state index is 0.123. The molecule has 6 atom stereocenters. The quantitative estimate of drug-likeness (QED) is 0.517. The zero-order valence-electron chi connectivity index (χ0n) is 19.5. The lowest BCUT2D eigenvalue weighted by Crippen LogP contribution is -2.35. The van der Waals surface area contributed by atoms with Crippen LogP contribution in [0.25, 0.3) is 0 Å². The van der Waals surface area contributed by atoms with Gasteiger partial charge in [0, 0.05) is 6.26 Å². The third-order valence-corrected chi connectivity index (χ3v) is 9.87. The van der Waals surface area contributed by atoms with E-state index in [9.17, 15) is 17.9 Å². The molecule has 3 rings (SSSR count). The molecular weight excluding hydrogens is 411 g/mol. The zero-order valence-corrected chi connectivity index (χ0v) is 20.3. The summed E-state index contributed by atoms with van der Waals surface area (Å²) in [5.74, 6) is 1.04. The number of hydrogen-bond acceptors (Lipinski definition) is 3. The lowest BCUT2D eigenvalue weighted by atomic mass is 9.61. The largest absolute Gasteiger partial charge is 0.393 e. The van der Waals surface area contributed by atoms with Crippen LogP contribution in [0.2, 0.25) is 0 Å². The Bertz CT molecular complexity index is 896. The van der Waals surface area contributed by atoms with Gasteiger partial charge in [0.25, 0.3) is 0 Å². The Morgan fingerprint density at radius 2 is 1.97 bits per heavy atom. The molecule has 0 aromatic rings. The number of alkyl halides is 1. The first-order valence-electron chi connectivity index (χ1n) is 11.7. The van der Waals surface area contributed by atoms with Gasteiger partial charge in [0.15, 0.2) is 9.84 Å². The van der Waals surface area contributed by atoms with Gasteiger partial charge < -0.3 is 5.11 Å². The summed E-state index contributed by atoms with van der Waals surface area (Å²) in [6, 6.07) is 0. The van der Waals surface area contributed by atoms with E-state index in [0.717, 1.165) is 63.7 Å². The number of fused-ring (bicyclic) bond motifs is 1. The van der Waals surface area contributed by atoms with Crippen molar-refractivity contribution in [2.24, 2.45) is 23.2 Å². The second-order valence-electron chi connectivity index (χ2n) is 10.5. The van der Waals surface area contributed by atoms with E-state index in [0.29, 0.717) is 18.3 Å². The predicted molar refractivity (Wildman–Crippen MR) is 126 cm³/mol. The summed E-state index contributed by atoms with van der Waals surface area (Å²) in [6.07, 6.45) is 16.1. The van der Waals surface area contributed by atoms with E-state index in [2.05, 4.69) is 32.6 Å². The third-order valence-electron chi connectivity index (χ3n) is 8.28. The van der Waals surface area contributed by atoms with Gasteiger partial charge in [-0.25, -0.2) is 12.8 Å². The highest BCUT2D eigenvalue weighted by atomic mass is 32.2. The highest BCUT2D eigenvalue weighted by Crippen LogP contribution is 2.59. The zero-order chi connectivity index (χ0) is 23.0. The summed E-state index contributed by atoms with van der Waals surface area (Å²) >= 11 is 0. The van der Waals surface area contributed by atoms with E-state index in [-0.39, 0.29) is 17.4 Å². The predicted octanol–water partition coefficient (Wildman–Crippen LogP) is 6.08. The van der Waals surface area contributed by atoms with E-state index < -0.39 is 14.8 Å². The molecule has 0 saturated heterocycles. The summed E-state index contributed by atoms with van der Waals surface area (Å²) in [7, 11) is -3.79.